The van der Waals surface area contributed by atoms with Crippen molar-refractivity contribution in [3.8, 4) is 0 Å². The predicted molar refractivity (Wildman–Crippen MR) is 77.7 cm³/mol. The number of carboxylic acid groups (broad SMARTS) is 1. The number of aliphatic carboxylic acids is 1. The zero-order valence-electron chi connectivity index (χ0n) is 11.5. The van der Waals surface area contributed by atoms with Gasteiger partial charge in [0.25, 0.3) is 0 Å². The molecule has 0 aliphatic rings. The number of nitrogens with one attached hydrogen (secondary N) is 1. The monoisotopic (exact) mass is 297 g/mol. The maximum absolute atomic E-state index is 12.1. The lowest BCUT2D eigenvalue weighted by Crippen LogP contribution is -2.41. The van der Waals surface area contributed by atoms with Crippen molar-refractivity contribution in [3.05, 3.63) is 36.4 Å². The number of hydrogen-bond acceptors (Lipinski definition) is 3. The quantitative estimate of drug-likeness (QED) is 0.807. The summed E-state index contributed by atoms with van der Waals surface area (Å²) in [6.45, 7) is 7.26. The molecule has 0 aliphatic carbocycles. The molecule has 0 fully saturated rings. The first-order chi connectivity index (χ1) is 9.26. The molecule has 5 nitrogen and oxygen atoms in total. The Labute approximate surface area is 119 Å². The highest BCUT2D eigenvalue weighted by Crippen LogP contribution is 2.14. The summed E-state index contributed by atoms with van der Waals surface area (Å²) in [7, 11) is -3.84. The first-order valence-electron chi connectivity index (χ1n) is 6.24. The number of rotatable bonds is 7. The van der Waals surface area contributed by atoms with Crippen LogP contribution in [-0.4, -0.2) is 25.5 Å². The van der Waals surface area contributed by atoms with Crippen LogP contribution in [0.15, 0.2) is 35.7 Å². The fourth-order valence-corrected chi connectivity index (χ4v) is 2.91. The van der Waals surface area contributed by atoms with Gasteiger partial charge in [0.15, 0.2) is 0 Å². The molecule has 0 amide bonds. The predicted octanol–water partition coefficient (Wildman–Crippen LogP) is 2.11. The van der Waals surface area contributed by atoms with Gasteiger partial charge in [0.1, 0.15) is 6.04 Å². The van der Waals surface area contributed by atoms with Crippen molar-refractivity contribution < 1.29 is 18.3 Å². The Hall–Kier alpha value is -1.66. The van der Waals surface area contributed by atoms with Gasteiger partial charge in [-0.15, -0.1) is 0 Å². The molecule has 0 unspecified atom stereocenters. The van der Waals surface area contributed by atoms with Crippen LogP contribution in [0.3, 0.4) is 0 Å². The molecule has 0 saturated heterocycles. The van der Waals surface area contributed by atoms with Gasteiger partial charge in [-0.05, 0) is 30.0 Å². The van der Waals surface area contributed by atoms with Crippen LogP contribution >= 0.6 is 0 Å². The van der Waals surface area contributed by atoms with Crippen LogP contribution in [0, 0.1) is 5.92 Å². The third-order valence-corrected chi connectivity index (χ3v) is 4.22. The molecule has 1 rings (SSSR count). The van der Waals surface area contributed by atoms with E-state index in [1.807, 2.05) is 13.8 Å². The van der Waals surface area contributed by atoms with Gasteiger partial charge in [0.2, 0.25) is 10.0 Å². The smallest absolute Gasteiger partial charge is 0.321 e. The number of carbonyl (C=O) groups is 1. The number of hydrogen-bond donors (Lipinski definition) is 2. The van der Waals surface area contributed by atoms with Gasteiger partial charge in [0.05, 0.1) is 4.90 Å². The van der Waals surface area contributed by atoms with Crippen molar-refractivity contribution in [2.24, 2.45) is 5.92 Å². The van der Waals surface area contributed by atoms with E-state index in [9.17, 15) is 13.2 Å². The van der Waals surface area contributed by atoms with Gasteiger partial charge < -0.3 is 5.11 Å². The van der Waals surface area contributed by atoms with E-state index in [4.69, 9.17) is 5.11 Å². The fraction of sp³-hybridized carbons (Fsp3) is 0.357. The third kappa shape index (κ3) is 4.47. The third-order valence-electron chi connectivity index (χ3n) is 2.73. The summed E-state index contributed by atoms with van der Waals surface area (Å²) in [6.07, 6.45) is 1.84. The highest BCUT2D eigenvalue weighted by atomic mass is 32.2. The second-order valence-electron chi connectivity index (χ2n) is 4.91. The Morgan fingerprint density at radius 2 is 1.90 bits per heavy atom. The summed E-state index contributed by atoms with van der Waals surface area (Å²) in [5, 5.41) is 9.07. The lowest BCUT2D eigenvalue weighted by atomic mass is 10.1. The molecule has 6 heteroatoms. The lowest BCUT2D eigenvalue weighted by molar-refractivity contribution is -0.139. The van der Waals surface area contributed by atoms with E-state index in [0.29, 0.717) is 0 Å². The van der Waals surface area contributed by atoms with Crippen molar-refractivity contribution in [2.75, 3.05) is 0 Å². The van der Waals surface area contributed by atoms with Crippen molar-refractivity contribution in [3.63, 3.8) is 0 Å². The van der Waals surface area contributed by atoms with E-state index in [1.165, 1.54) is 12.1 Å². The lowest BCUT2D eigenvalue weighted by Gasteiger charge is -2.16. The molecule has 0 aromatic heterocycles. The molecule has 0 heterocycles. The van der Waals surface area contributed by atoms with Crippen LogP contribution in [0.1, 0.15) is 25.8 Å². The fourth-order valence-electron chi connectivity index (χ4n) is 1.71. The largest absolute Gasteiger partial charge is 0.480 e. The molecular formula is C14H19NO4S. The Morgan fingerprint density at radius 1 is 1.35 bits per heavy atom. The van der Waals surface area contributed by atoms with Crippen LogP contribution < -0.4 is 4.72 Å². The minimum Gasteiger partial charge on any atom is -0.480 e. The van der Waals surface area contributed by atoms with E-state index >= 15 is 0 Å². The van der Waals surface area contributed by atoms with Crippen LogP contribution in [-0.2, 0) is 14.8 Å². The van der Waals surface area contributed by atoms with Gasteiger partial charge in [-0.1, -0.05) is 38.6 Å². The topological polar surface area (TPSA) is 83.5 Å². The van der Waals surface area contributed by atoms with E-state index in [0.717, 1.165) is 5.56 Å². The normalized spacial score (nSPS) is 13.2. The van der Waals surface area contributed by atoms with Gasteiger partial charge in [0, 0.05) is 0 Å². The van der Waals surface area contributed by atoms with Crippen molar-refractivity contribution >= 4 is 22.1 Å². The van der Waals surface area contributed by atoms with Gasteiger partial charge >= 0.3 is 5.97 Å². The second kappa shape index (κ2) is 6.67. The molecule has 0 aliphatic heterocycles. The molecule has 0 radical (unpaired) electrons. The number of carboxylic acids is 1. The maximum atomic E-state index is 12.1. The van der Waals surface area contributed by atoms with Crippen molar-refractivity contribution in [2.45, 2.75) is 31.2 Å². The Kier molecular flexibility index (Phi) is 5.47. The summed E-state index contributed by atoms with van der Waals surface area (Å²) >= 11 is 0. The van der Waals surface area contributed by atoms with Gasteiger partial charge in [-0.2, -0.15) is 4.72 Å². The Bertz CT molecular complexity index is 576. The molecule has 110 valence electrons. The molecule has 20 heavy (non-hydrogen) atoms. The van der Waals surface area contributed by atoms with Gasteiger partial charge in [-0.3, -0.25) is 4.79 Å². The summed E-state index contributed by atoms with van der Waals surface area (Å²) < 4.78 is 26.5. The standard InChI is InChI=1S/C14H19NO4S/c1-4-11-5-7-12(8-6-11)20(18,19)15-13(14(16)17)9-10(2)3/h4-8,10,13,15H,1,9H2,2-3H3,(H,16,17)/t13-/m1/s1. The molecule has 1 atom stereocenters. The minimum absolute atomic E-state index is 0.0399. The van der Waals surface area contributed by atoms with Crippen LogP contribution in [0.25, 0.3) is 6.08 Å². The first-order valence-corrected chi connectivity index (χ1v) is 7.72. The molecule has 0 saturated carbocycles. The summed E-state index contributed by atoms with van der Waals surface area (Å²) in [4.78, 5) is 11.1. The highest BCUT2D eigenvalue weighted by molar-refractivity contribution is 7.89. The van der Waals surface area contributed by atoms with Crippen molar-refractivity contribution in [1.82, 2.24) is 4.72 Å². The van der Waals surface area contributed by atoms with Crippen molar-refractivity contribution in [1.29, 1.82) is 0 Å². The van der Waals surface area contributed by atoms with Gasteiger partial charge in [-0.25, -0.2) is 8.42 Å². The van der Waals surface area contributed by atoms with Crippen LogP contribution in [0.5, 0.6) is 0 Å². The zero-order chi connectivity index (χ0) is 15.3. The Morgan fingerprint density at radius 3 is 2.30 bits per heavy atom. The van der Waals surface area contributed by atoms with E-state index in [-0.39, 0.29) is 17.2 Å². The van der Waals surface area contributed by atoms with E-state index in [2.05, 4.69) is 11.3 Å². The van der Waals surface area contributed by atoms with Crippen LogP contribution in [0.2, 0.25) is 0 Å². The average Bonchev–Trinajstić information content (AvgIpc) is 2.37. The molecule has 1 aromatic carbocycles. The minimum atomic E-state index is -3.84. The van der Waals surface area contributed by atoms with Crippen LogP contribution in [0.4, 0.5) is 0 Å². The first kappa shape index (κ1) is 16.4. The maximum Gasteiger partial charge on any atom is 0.321 e. The average molecular weight is 297 g/mol. The molecule has 1 aromatic rings. The molecule has 0 spiro atoms. The number of benzene rings is 1. The molecular weight excluding hydrogens is 278 g/mol. The summed E-state index contributed by atoms with van der Waals surface area (Å²) in [5.74, 6) is -1.10. The highest BCUT2D eigenvalue weighted by Gasteiger charge is 2.25. The molecule has 0 bridgehead atoms. The van der Waals surface area contributed by atoms with E-state index < -0.39 is 22.0 Å². The number of sulfonamides is 1. The summed E-state index contributed by atoms with van der Waals surface area (Å²) in [5.41, 5.74) is 0.793. The molecule has 2 N–H and O–H groups in total. The Balaban J connectivity index is 2.96. The second-order valence-corrected chi connectivity index (χ2v) is 6.63. The SMILES string of the molecule is C=Cc1ccc(S(=O)(=O)N[C@H](CC(C)C)C(=O)O)cc1. The van der Waals surface area contributed by atoms with E-state index in [1.54, 1.807) is 18.2 Å². The summed E-state index contributed by atoms with van der Waals surface area (Å²) in [6, 6.07) is 4.94. The zero-order valence-corrected chi connectivity index (χ0v) is 12.4.